The number of nitrogens with zero attached hydrogens (tertiary/aromatic N) is 1. The molecule has 1 aliphatic rings. The molecule has 3 rings (SSSR count). The Labute approximate surface area is 149 Å². The van der Waals surface area contributed by atoms with Gasteiger partial charge in [-0.05, 0) is 25.0 Å². The smallest absolute Gasteiger partial charge is 0.168 e. The summed E-state index contributed by atoms with van der Waals surface area (Å²) in [4.78, 5) is 25.5. The van der Waals surface area contributed by atoms with E-state index < -0.39 is 5.41 Å². The van der Waals surface area contributed by atoms with Crippen molar-refractivity contribution in [3.8, 4) is 5.75 Å². The van der Waals surface area contributed by atoms with E-state index >= 15 is 0 Å². The standard InChI is InChI=1S/C21H27NO3/c1-21(2,3)19(23)13-22-12-17(20(24)14-7-5-6-8-14)16-10-9-15(25-4)11-18(16)22/h9-12,14H,5-8,13H2,1-4H3. The van der Waals surface area contributed by atoms with Gasteiger partial charge in [0.1, 0.15) is 5.75 Å². The summed E-state index contributed by atoms with van der Waals surface area (Å²) in [5.41, 5.74) is 1.22. The van der Waals surface area contributed by atoms with Crippen molar-refractivity contribution in [2.24, 2.45) is 11.3 Å². The first kappa shape index (κ1) is 17.7. The molecule has 1 aromatic heterocycles. The predicted octanol–water partition coefficient (Wildman–Crippen LogP) is 4.64. The number of rotatable bonds is 5. The third kappa shape index (κ3) is 3.48. The number of aromatic nitrogens is 1. The highest BCUT2D eigenvalue weighted by molar-refractivity contribution is 6.09. The number of hydrogen-bond donors (Lipinski definition) is 0. The molecule has 4 nitrogen and oxygen atoms in total. The Hall–Kier alpha value is -2.10. The van der Waals surface area contributed by atoms with Crippen LogP contribution in [0.25, 0.3) is 10.9 Å². The molecule has 4 heteroatoms. The van der Waals surface area contributed by atoms with E-state index in [1.54, 1.807) is 7.11 Å². The molecule has 1 aromatic carbocycles. The van der Waals surface area contributed by atoms with Gasteiger partial charge in [-0.2, -0.15) is 0 Å². The Morgan fingerprint density at radius 1 is 1.20 bits per heavy atom. The van der Waals surface area contributed by atoms with Crippen LogP contribution in [0.2, 0.25) is 0 Å². The summed E-state index contributed by atoms with van der Waals surface area (Å²) in [7, 11) is 1.62. The average Bonchev–Trinajstić information content (AvgIpc) is 3.21. The zero-order chi connectivity index (χ0) is 18.2. The van der Waals surface area contributed by atoms with Crippen LogP contribution in [0.4, 0.5) is 0 Å². The monoisotopic (exact) mass is 341 g/mol. The van der Waals surface area contributed by atoms with Gasteiger partial charge in [0, 0.05) is 34.5 Å². The fourth-order valence-electron chi connectivity index (χ4n) is 3.53. The summed E-state index contributed by atoms with van der Waals surface area (Å²) >= 11 is 0. The van der Waals surface area contributed by atoms with Gasteiger partial charge in [0.2, 0.25) is 0 Å². The van der Waals surface area contributed by atoms with Crippen molar-refractivity contribution in [1.29, 1.82) is 0 Å². The van der Waals surface area contributed by atoms with Crippen molar-refractivity contribution in [3.63, 3.8) is 0 Å². The molecule has 0 spiro atoms. The minimum absolute atomic E-state index is 0.125. The normalized spacial score (nSPS) is 15.7. The van der Waals surface area contributed by atoms with Crippen molar-refractivity contribution < 1.29 is 14.3 Å². The Morgan fingerprint density at radius 2 is 1.88 bits per heavy atom. The fourth-order valence-corrected chi connectivity index (χ4v) is 3.53. The number of ketones is 2. The maximum absolute atomic E-state index is 13.0. The molecular weight excluding hydrogens is 314 g/mol. The second kappa shape index (κ2) is 6.66. The highest BCUT2D eigenvalue weighted by atomic mass is 16.5. The molecule has 0 N–H and O–H groups in total. The van der Waals surface area contributed by atoms with Crippen LogP contribution in [0, 0.1) is 11.3 Å². The van der Waals surface area contributed by atoms with Gasteiger partial charge in [-0.3, -0.25) is 9.59 Å². The van der Waals surface area contributed by atoms with Crippen LogP contribution in [0.1, 0.15) is 56.8 Å². The van der Waals surface area contributed by atoms with Gasteiger partial charge < -0.3 is 9.30 Å². The molecule has 0 unspecified atom stereocenters. The number of benzene rings is 1. The minimum Gasteiger partial charge on any atom is -0.497 e. The van der Waals surface area contributed by atoms with Crippen molar-refractivity contribution >= 4 is 22.5 Å². The van der Waals surface area contributed by atoms with Gasteiger partial charge in [0.15, 0.2) is 11.6 Å². The summed E-state index contributed by atoms with van der Waals surface area (Å²) in [6, 6.07) is 5.73. The summed E-state index contributed by atoms with van der Waals surface area (Å²) in [5.74, 6) is 1.22. The SMILES string of the molecule is COc1ccc2c(C(=O)C3CCCC3)cn(CC(=O)C(C)(C)C)c2c1. The topological polar surface area (TPSA) is 48.3 Å². The molecule has 2 aromatic rings. The van der Waals surface area contributed by atoms with Gasteiger partial charge in [0.25, 0.3) is 0 Å². The summed E-state index contributed by atoms with van der Waals surface area (Å²) < 4.78 is 7.25. The Bertz CT molecular complexity index is 804. The van der Waals surface area contributed by atoms with Crippen molar-refractivity contribution in [2.45, 2.75) is 53.0 Å². The van der Waals surface area contributed by atoms with Crippen LogP contribution in [0.15, 0.2) is 24.4 Å². The summed E-state index contributed by atoms with van der Waals surface area (Å²) in [6.07, 6.45) is 6.08. The largest absolute Gasteiger partial charge is 0.497 e. The lowest BCUT2D eigenvalue weighted by atomic mass is 9.91. The third-order valence-corrected chi connectivity index (χ3v) is 5.23. The van der Waals surface area contributed by atoms with Gasteiger partial charge in [-0.25, -0.2) is 0 Å². The maximum atomic E-state index is 13.0. The number of hydrogen-bond acceptors (Lipinski definition) is 3. The maximum Gasteiger partial charge on any atom is 0.168 e. The highest BCUT2D eigenvalue weighted by Crippen LogP contribution is 2.33. The quantitative estimate of drug-likeness (QED) is 0.745. The molecule has 1 heterocycles. The van der Waals surface area contributed by atoms with Crippen LogP contribution in [-0.2, 0) is 11.3 Å². The van der Waals surface area contributed by atoms with E-state index in [4.69, 9.17) is 4.74 Å². The molecule has 0 saturated heterocycles. The van der Waals surface area contributed by atoms with Crippen molar-refractivity contribution in [3.05, 3.63) is 30.0 Å². The lowest BCUT2D eigenvalue weighted by molar-refractivity contribution is -0.126. The van der Waals surface area contributed by atoms with E-state index in [0.717, 1.165) is 47.9 Å². The number of fused-ring (bicyclic) bond motifs is 1. The van der Waals surface area contributed by atoms with E-state index in [1.807, 2.05) is 49.7 Å². The summed E-state index contributed by atoms with van der Waals surface area (Å²) in [6.45, 7) is 6.04. The first-order valence-corrected chi connectivity index (χ1v) is 9.05. The average molecular weight is 341 g/mol. The summed E-state index contributed by atoms with van der Waals surface area (Å²) in [5, 5.41) is 0.916. The van der Waals surface area contributed by atoms with E-state index in [1.165, 1.54) is 0 Å². The lowest BCUT2D eigenvalue weighted by Crippen LogP contribution is -2.24. The second-order valence-corrected chi connectivity index (χ2v) is 8.07. The fraction of sp³-hybridized carbons (Fsp3) is 0.524. The molecule has 25 heavy (non-hydrogen) atoms. The van der Waals surface area contributed by atoms with E-state index in [0.29, 0.717) is 0 Å². The van der Waals surface area contributed by atoms with Crippen LogP contribution in [0.3, 0.4) is 0 Å². The number of ether oxygens (including phenoxy) is 1. The third-order valence-electron chi connectivity index (χ3n) is 5.23. The lowest BCUT2D eigenvalue weighted by Gasteiger charge is -2.17. The van der Waals surface area contributed by atoms with E-state index in [-0.39, 0.29) is 24.0 Å². The number of Topliss-reactive ketones (excluding diaryl/α,β-unsaturated/α-hetero) is 2. The first-order valence-electron chi connectivity index (χ1n) is 9.05. The molecule has 1 fully saturated rings. The van der Waals surface area contributed by atoms with E-state index in [2.05, 4.69) is 0 Å². The zero-order valence-corrected chi connectivity index (χ0v) is 15.6. The second-order valence-electron chi connectivity index (χ2n) is 8.07. The minimum atomic E-state index is -0.412. The van der Waals surface area contributed by atoms with Crippen molar-refractivity contribution in [2.75, 3.05) is 7.11 Å². The molecular formula is C21H27NO3. The Balaban J connectivity index is 2.05. The number of carbonyl (C=O) groups is 2. The van der Waals surface area contributed by atoms with E-state index in [9.17, 15) is 9.59 Å². The molecule has 0 bridgehead atoms. The van der Waals surface area contributed by atoms with Crippen LogP contribution in [0.5, 0.6) is 5.75 Å². The van der Waals surface area contributed by atoms with Crippen LogP contribution < -0.4 is 4.74 Å². The number of carbonyl (C=O) groups excluding carboxylic acids is 2. The van der Waals surface area contributed by atoms with Crippen molar-refractivity contribution in [1.82, 2.24) is 4.57 Å². The van der Waals surface area contributed by atoms with Crippen LogP contribution >= 0.6 is 0 Å². The molecule has 0 aliphatic heterocycles. The number of methoxy groups -OCH3 is 1. The Kier molecular flexibility index (Phi) is 4.72. The van der Waals surface area contributed by atoms with Gasteiger partial charge in [0.05, 0.1) is 19.2 Å². The highest BCUT2D eigenvalue weighted by Gasteiger charge is 2.28. The predicted molar refractivity (Wildman–Crippen MR) is 99.2 cm³/mol. The zero-order valence-electron chi connectivity index (χ0n) is 15.6. The van der Waals surface area contributed by atoms with Gasteiger partial charge in [-0.1, -0.05) is 33.6 Å². The molecule has 1 aliphatic carbocycles. The van der Waals surface area contributed by atoms with Gasteiger partial charge in [-0.15, -0.1) is 0 Å². The van der Waals surface area contributed by atoms with Crippen LogP contribution in [-0.4, -0.2) is 23.2 Å². The Morgan fingerprint density at radius 3 is 2.48 bits per heavy atom. The molecule has 0 atom stereocenters. The molecule has 0 amide bonds. The van der Waals surface area contributed by atoms with Gasteiger partial charge >= 0.3 is 0 Å². The molecule has 0 radical (unpaired) electrons. The molecule has 134 valence electrons. The molecule has 1 saturated carbocycles. The first-order chi connectivity index (χ1) is 11.8.